The smallest absolute Gasteiger partial charge is 0.316 e. The third kappa shape index (κ3) is 6.22. The van der Waals surface area contributed by atoms with Gasteiger partial charge in [-0.2, -0.15) is 5.26 Å². The number of ether oxygens (including phenoxy) is 3. The highest BCUT2D eigenvalue weighted by molar-refractivity contribution is 6.01. The van der Waals surface area contributed by atoms with E-state index in [2.05, 4.69) is 5.32 Å². The van der Waals surface area contributed by atoms with Crippen molar-refractivity contribution >= 4 is 18.0 Å². The number of nitrogens with one attached hydrogen (secondary N) is 1. The van der Waals surface area contributed by atoms with Crippen LogP contribution in [-0.4, -0.2) is 39.2 Å². The van der Waals surface area contributed by atoms with E-state index in [0.717, 1.165) is 0 Å². The quantitative estimate of drug-likeness (QED) is 0.263. The molecule has 0 radical (unpaired) electrons. The molecule has 0 aliphatic heterocycles. The predicted octanol–water partition coefficient (Wildman–Crippen LogP) is 2.32. The zero-order valence-electron chi connectivity index (χ0n) is 15.7. The number of rotatable bonds is 7. The number of hydrogen-bond acceptors (Lipinski definition) is 6. The summed E-state index contributed by atoms with van der Waals surface area (Å²) in [5.74, 6) is -0.290. The number of amides is 1. The minimum absolute atomic E-state index is 0.0532. The molecule has 1 amide bonds. The molecule has 7 nitrogen and oxygen atoms in total. The van der Waals surface area contributed by atoms with E-state index in [1.165, 1.54) is 20.3 Å². The van der Waals surface area contributed by atoms with E-state index < -0.39 is 17.3 Å². The lowest BCUT2D eigenvalue weighted by molar-refractivity contribution is -0.143. The minimum atomic E-state index is -0.655. The first-order chi connectivity index (χ1) is 12.2. The summed E-state index contributed by atoms with van der Waals surface area (Å²) < 4.78 is 15.5. The summed E-state index contributed by atoms with van der Waals surface area (Å²) in [5.41, 5.74) is -0.142. The average Bonchev–Trinajstić information content (AvgIpc) is 2.59. The molecule has 0 saturated heterocycles. The van der Waals surface area contributed by atoms with Gasteiger partial charge in [-0.3, -0.25) is 9.59 Å². The Balaban J connectivity index is 3.02. The van der Waals surface area contributed by atoms with Crippen LogP contribution in [0.3, 0.4) is 0 Å². The van der Waals surface area contributed by atoms with E-state index in [1.807, 2.05) is 6.07 Å². The summed E-state index contributed by atoms with van der Waals surface area (Å²) in [6.45, 7) is 5.91. The lowest BCUT2D eigenvalue weighted by atomic mass is 9.97. The highest BCUT2D eigenvalue weighted by Crippen LogP contribution is 2.31. The van der Waals surface area contributed by atoms with Crippen LogP contribution in [0.25, 0.3) is 6.08 Å². The first-order valence-electron chi connectivity index (χ1n) is 8.02. The van der Waals surface area contributed by atoms with E-state index in [-0.39, 0.29) is 11.3 Å². The Morgan fingerprint density at radius 1 is 1.23 bits per heavy atom. The first-order valence-corrected chi connectivity index (χ1v) is 8.02. The van der Waals surface area contributed by atoms with Gasteiger partial charge in [-0.15, -0.1) is 0 Å². The molecule has 0 aliphatic rings. The normalized spacial score (nSPS) is 11.5. The molecule has 0 fully saturated rings. The largest absolute Gasteiger partial charge is 0.493 e. The van der Waals surface area contributed by atoms with Crippen molar-refractivity contribution in [3.8, 4) is 17.6 Å². The molecular weight excluding hydrogens is 336 g/mol. The van der Waals surface area contributed by atoms with Gasteiger partial charge in [0.2, 0.25) is 0 Å². The molecule has 7 heteroatoms. The van der Waals surface area contributed by atoms with Gasteiger partial charge in [0.25, 0.3) is 5.91 Å². The minimum Gasteiger partial charge on any atom is -0.493 e. The summed E-state index contributed by atoms with van der Waals surface area (Å²) in [6, 6.07) is 6.65. The molecule has 0 spiro atoms. The third-order valence-corrected chi connectivity index (χ3v) is 3.27. The maximum atomic E-state index is 12.0. The van der Waals surface area contributed by atoms with Crippen LogP contribution in [0.15, 0.2) is 23.8 Å². The molecule has 26 heavy (non-hydrogen) atoms. The summed E-state index contributed by atoms with van der Waals surface area (Å²) in [5, 5.41) is 11.8. The third-order valence-electron chi connectivity index (χ3n) is 3.27. The SMILES string of the molecule is COCCNC(=O)C(C#N)=Cc1ccc(OC(=O)C(C)(C)C)c(OC)c1. The maximum Gasteiger partial charge on any atom is 0.316 e. The van der Waals surface area contributed by atoms with Crippen molar-refractivity contribution in [3.63, 3.8) is 0 Å². The van der Waals surface area contributed by atoms with Crippen molar-refractivity contribution < 1.29 is 23.8 Å². The Morgan fingerprint density at radius 3 is 2.46 bits per heavy atom. The van der Waals surface area contributed by atoms with Gasteiger partial charge in [0.05, 0.1) is 19.1 Å². The van der Waals surface area contributed by atoms with Gasteiger partial charge >= 0.3 is 5.97 Å². The van der Waals surface area contributed by atoms with Crippen molar-refractivity contribution in [1.29, 1.82) is 5.26 Å². The summed E-state index contributed by atoms with van der Waals surface area (Å²) in [4.78, 5) is 24.0. The molecule has 0 heterocycles. The topological polar surface area (TPSA) is 97.6 Å². The molecule has 1 rings (SSSR count). The van der Waals surface area contributed by atoms with E-state index in [1.54, 1.807) is 39.0 Å². The zero-order chi connectivity index (χ0) is 19.7. The monoisotopic (exact) mass is 360 g/mol. The van der Waals surface area contributed by atoms with E-state index in [9.17, 15) is 14.9 Å². The van der Waals surface area contributed by atoms with Gasteiger partial charge in [0.15, 0.2) is 11.5 Å². The number of methoxy groups -OCH3 is 2. The highest BCUT2D eigenvalue weighted by Gasteiger charge is 2.25. The second-order valence-corrected chi connectivity index (χ2v) is 6.47. The van der Waals surface area contributed by atoms with E-state index in [0.29, 0.717) is 24.5 Å². The Bertz CT molecular complexity index is 726. The van der Waals surface area contributed by atoms with Crippen molar-refractivity contribution in [3.05, 3.63) is 29.3 Å². The predicted molar refractivity (Wildman–Crippen MR) is 96.6 cm³/mol. The Labute approximate surface area is 153 Å². The lowest BCUT2D eigenvalue weighted by Crippen LogP contribution is -2.27. The Morgan fingerprint density at radius 2 is 1.92 bits per heavy atom. The maximum absolute atomic E-state index is 12.0. The van der Waals surface area contributed by atoms with Crippen LogP contribution < -0.4 is 14.8 Å². The number of benzene rings is 1. The molecule has 0 unspecified atom stereocenters. The van der Waals surface area contributed by atoms with Gasteiger partial charge in [0, 0.05) is 13.7 Å². The van der Waals surface area contributed by atoms with Crippen LogP contribution in [0.5, 0.6) is 11.5 Å². The fraction of sp³-hybridized carbons (Fsp3) is 0.421. The number of hydrogen-bond donors (Lipinski definition) is 1. The molecule has 140 valence electrons. The zero-order valence-corrected chi connectivity index (χ0v) is 15.7. The summed E-state index contributed by atoms with van der Waals surface area (Å²) in [6.07, 6.45) is 1.43. The highest BCUT2D eigenvalue weighted by atomic mass is 16.6. The molecule has 0 saturated carbocycles. The summed E-state index contributed by atoms with van der Waals surface area (Å²) in [7, 11) is 2.97. The van der Waals surface area contributed by atoms with Crippen molar-refractivity contribution in [2.24, 2.45) is 5.41 Å². The van der Waals surface area contributed by atoms with Crippen molar-refractivity contribution in [1.82, 2.24) is 5.32 Å². The number of nitriles is 1. The number of nitrogens with zero attached hydrogens (tertiary/aromatic N) is 1. The number of carbonyl (C=O) groups excluding carboxylic acids is 2. The van der Waals surface area contributed by atoms with Crippen LogP contribution >= 0.6 is 0 Å². The van der Waals surface area contributed by atoms with Gasteiger partial charge in [-0.25, -0.2) is 0 Å². The van der Waals surface area contributed by atoms with Crippen LogP contribution in [0.1, 0.15) is 26.3 Å². The molecular formula is C19H24N2O5. The van der Waals surface area contributed by atoms with Crippen LogP contribution in [-0.2, 0) is 14.3 Å². The molecule has 0 aliphatic carbocycles. The molecule has 0 bridgehead atoms. The van der Waals surface area contributed by atoms with Gasteiger partial charge in [-0.1, -0.05) is 6.07 Å². The second-order valence-electron chi connectivity index (χ2n) is 6.47. The molecule has 1 aromatic rings. The number of carbonyl (C=O) groups is 2. The van der Waals surface area contributed by atoms with Crippen molar-refractivity contribution in [2.75, 3.05) is 27.4 Å². The average molecular weight is 360 g/mol. The summed E-state index contributed by atoms with van der Waals surface area (Å²) >= 11 is 0. The van der Waals surface area contributed by atoms with Gasteiger partial charge in [-0.05, 0) is 44.5 Å². The van der Waals surface area contributed by atoms with Gasteiger partial charge in [0.1, 0.15) is 11.6 Å². The van der Waals surface area contributed by atoms with Crippen LogP contribution in [0.2, 0.25) is 0 Å². The lowest BCUT2D eigenvalue weighted by Gasteiger charge is -2.17. The fourth-order valence-corrected chi connectivity index (χ4v) is 1.79. The van der Waals surface area contributed by atoms with E-state index in [4.69, 9.17) is 14.2 Å². The first kappa shape index (κ1) is 21.2. The van der Waals surface area contributed by atoms with E-state index >= 15 is 0 Å². The van der Waals surface area contributed by atoms with Crippen molar-refractivity contribution in [2.45, 2.75) is 20.8 Å². The number of esters is 1. The van der Waals surface area contributed by atoms with Crippen LogP contribution in [0.4, 0.5) is 0 Å². The Kier molecular flexibility index (Phi) is 7.81. The molecule has 1 aromatic carbocycles. The second kappa shape index (κ2) is 9.59. The van der Waals surface area contributed by atoms with Crippen LogP contribution in [0, 0.1) is 16.7 Å². The molecule has 0 aromatic heterocycles. The Hall–Kier alpha value is -2.85. The molecule has 1 N–H and O–H groups in total. The standard InChI is InChI=1S/C19H24N2O5/c1-19(2,3)18(23)26-15-7-6-13(11-16(15)25-5)10-14(12-20)17(22)21-8-9-24-4/h6-7,10-11H,8-9H2,1-5H3,(H,21,22). The van der Waals surface area contributed by atoms with Gasteiger partial charge < -0.3 is 19.5 Å². The fourth-order valence-electron chi connectivity index (χ4n) is 1.79. The molecule has 0 atom stereocenters.